The molecule has 0 spiro atoms. The molecule has 1 amide bonds. The van der Waals surface area contributed by atoms with Gasteiger partial charge in [0.2, 0.25) is 5.91 Å². The number of fused-ring (bicyclic) bond motifs is 1. The van der Waals surface area contributed by atoms with E-state index < -0.39 is 12.0 Å². The summed E-state index contributed by atoms with van der Waals surface area (Å²) < 4.78 is 28.6. The average Bonchev–Trinajstić information content (AvgIpc) is 2.54. The molecule has 3 nitrogen and oxygen atoms in total. The van der Waals surface area contributed by atoms with Crippen molar-refractivity contribution in [1.82, 2.24) is 10.6 Å². The van der Waals surface area contributed by atoms with Crippen molar-refractivity contribution in [2.24, 2.45) is 0 Å². The molecule has 1 atom stereocenters. The van der Waals surface area contributed by atoms with Gasteiger partial charge in [-0.15, -0.1) is 0 Å². The molecule has 0 saturated heterocycles. The van der Waals surface area contributed by atoms with Crippen LogP contribution in [0.1, 0.15) is 43.4 Å². The first-order valence-corrected chi connectivity index (χ1v) is 7.44. The summed E-state index contributed by atoms with van der Waals surface area (Å²) >= 11 is 0. The highest BCUT2D eigenvalue weighted by Crippen LogP contribution is 2.40. The van der Waals surface area contributed by atoms with Crippen LogP contribution in [0.2, 0.25) is 0 Å². The zero-order chi connectivity index (χ0) is 15.3. The van der Waals surface area contributed by atoms with Gasteiger partial charge in [0, 0.05) is 19.9 Å². The van der Waals surface area contributed by atoms with Gasteiger partial charge in [0.25, 0.3) is 5.92 Å². The average molecular weight is 296 g/mol. The summed E-state index contributed by atoms with van der Waals surface area (Å²) in [5, 5.41) is 5.65. The number of carbonyl (C=O) groups is 1. The van der Waals surface area contributed by atoms with Crippen LogP contribution in [-0.4, -0.2) is 24.9 Å². The lowest BCUT2D eigenvalue weighted by atomic mass is 9.97. The molecule has 116 valence electrons. The molecule has 1 aromatic carbocycles. The highest BCUT2D eigenvalue weighted by atomic mass is 19.3. The third kappa shape index (κ3) is 4.24. The van der Waals surface area contributed by atoms with Crippen molar-refractivity contribution < 1.29 is 13.6 Å². The molecule has 0 fully saturated rings. The fourth-order valence-corrected chi connectivity index (χ4v) is 2.79. The van der Waals surface area contributed by atoms with Gasteiger partial charge in [0.1, 0.15) is 0 Å². The predicted octanol–water partition coefficient (Wildman–Crippen LogP) is 2.82. The Morgan fingerprint density at radius 3 is 2.86 bits per heavy atom. The van der Waals surface area contributed by atoms with E-state index in [0.717, 1.165) is 5.56 Å². The molecule has 1 aliphatic carbocycles. The van der Waals surface area contributed by atoms with Crippen LogP contribution in [0.15, 0.2) is 24.3 Å². The zero-order valence-electron chi connectivity index (χ0n) is 12.3. The standard InChI is InChI=1S/C16H22F2N2O/c1-12(21)19-10-5-11-20-15-14-8-3-2-6-13(14)7-4-9-16(15,17)18/h2-3,6,8,15,20H,4-5,7,9-11H2,1H3,(H,19,21). The minimum atomic E-state index is -2.74. The second-order valence-corrected chi connectivity index (χ2v) is 5.54. The molecule has 5 heteroatoms. The molecule has 0 heterocycles. The van der Waals surface area contributed by atoms with Crippen LogP contribution in [0.5, 0.6) is 0 Å². The first-order chi connectivity index (χ1) is 10.0. The predicted molar refractivity (Wildman–Crippen MR) is 78.4 cm³/mol. The van der Waals surface area contributed by atoms with Crippen LogP contribution in [0, 0.1) is 0 Å². The van der Waals surface area contributed by atoms with Gasteiger partial charge in [-0.2, -0.15) is 0 Å². The van der Waals surface area contributed by atoms with E-state index in [2.05, 4.69) is 10.6 Å². The first-order valence-electron chi connectivity index (χ1n) is 7.44. The van der Waals surface area contributed by atoms with Gasteiger partial charge in [0.15, 0.2) is 0 Å². The Hall–Kier alpha value is -1.49. The van der Waals surface area contributed by atoms with Gasteiger partial charge in [-0.25, -0.2) is 8.78 Å². The molecular weight excluding hydrogens is 274 g/mol. The number of alkyl halides is 2. The number of hydrogen-bond donors (Lipinski definition) is 2. The van der Waals surface area contributed by atoms with E-state index in [4.69, 9.17) is 0 Å². The number of hydrogen-bond acceptors (Lipinski definition) is 2. The molecule has 0 aliphatic heterocycles. The smallest absolute Gasteiger partial charge is 0.267 e. The summed E-state index contributed by atoms with van der Waals surface area (Å²) in [7, 11) is 0. The number of carbonyl (C=O) groups excluding carboxylic acids is 1. The van der Waals surface area contributed by atoms with E-state index in [1.54, 1.807) is 6.07 Å². The topological polar surface area (TPSA) is 41.1 Å². The molecule has 1 aliphatic rings. The molecule has 1 aromatic rings. The lowest BCUT2D eigenvalue weighted by Gasteiger charge is -2.27. The number of nitrogens with one attached hydrogen (secondary N) is 2. The molecule has 2 N–H and O–H groups in total. The number of rotatable bonds is 5. The largest absolute Gasteiger partial charge is 0.356 e. The molecule has 1 unspecified atom stereocenters. The Morgan fingerprint density at radius 1 is 1.33 bits per heavy atom. The second-order valence-electron chi connectivity index (χ2n) is 5.54. The Labute approximate surface area is 124 Å². The fourth-order valence-electron chi connectivity index (χ4n) is 2.79. The van der Waals surface area contributed by atoms with Crippen molar-refractivity contribution >= 4 is 5.91 Å². The third-order valence-corrected chi connectivity index (χ3v) is 3.82. The Bertz CT molecular complexity index is 491. The maximum Gasteiger partial charge on any atom is 0.267 e. The summed E-state index contributed by atoms with van der Waals surface area (Å²) in [5.41, 5.74) is 1.72. The summed E-state index contributed by atoms with van der Waals surface area (Å²) in [4.78, 5) is 10.8. The molecule has 0 saturated carbocycles. The minimum absolute atomic E-state index is 0.0922. The second kappa shape index (κ2) is 6.98. The quantitative estimate of drug-likeness (QED) is 0.648. The number of amides is 1. The summed E-state index contributed by atoms with van der Waals surface area (Å²) in [6, 6.07) is 6.50. The van der Waals surface area contributed by atoms with Gasteiger partial charge in [-0.1, -0.05) is 24.3 Å². The molecule has 0 radical (unpaired) electrons. The van der Waals surface area contributed by atoms with E-state index in [0.29, 0.717) is 37.9 Å². The highest BCUT2D eigenvalue weighted by Gasteiger charge is 2.42. The van der Waals surface area contributed by atoms with Crippen LogP contribution in [-0.2, 0) is 11.2 Å². The fraction of sp³-hybridized carbons (Fsp3) is 0.562. The number of halogens is 2. The summed E-state index contributed by atoms with van der Waals surface area (Å²) in [6.45, 7) is 2.40. The van der Waals surface area contributed by atoms with Gasteiger partial charge in [0.05, 0.1) is 6.04 Å². The summed E-state index contributed by atoms with van der Waals surface area (Å²) in [5.74, 6) is -2.83. The van der Waals surface area contributed by atoms with Crippen LogP contribution in [0.25, 0.3) is 0 Å². The Balaban J connectivity index is 2.02. The molecule has 0 aromatic heterocycles. The normalized spacial score (nSPS) is 20.4. The monoisotopic (exact) mass is 296 g/mol. The zero-order valence-corrected chi connectivity index (χ0v) is 12.3. The summed E-state index contributed by atoms with van der Waals surface area (Å²) in [6.07, 6.45) is 1.75. The number of benzene rings is 1. The molecule has 0 bridgehead atoms. The molecule has 21 heavy (non-hydrogen) atoms. The van der Waals surface area contributed by atoms with Crippen molar-refractivity contribution in [3.8, 4) is 0 Å². The molecule has 2 rings (SSSR count). The maximum absolute atomic E-state index is 14.3. The maximum atomic E-state index is 14.3. The first kappa shape index (κ1) is 15.9. The van der Waals surface area contributed by atoms with E-state index in [1.807, 2.05) is 18.2 Å². The third-order valence-electron chi connectivity index (χ3n) is 3.82. The van der Waals surface area contributed by atoms with E-state index in [9.17, 15) is 13.6 Å². The van der Waals surface area contributed by atoms with Crippen LogP contribution >= 0.6 is 0 Å². The van der Waals surface area contributed by atoms with Crippen molar-refractivity contribution in [2.75, 3.05) is 13.1 Å². The van der Waals surface area contributed by atoms with E-state index >= 15 is 0 Å². The van der Waals surface area contributed by atoms with Crippen molar-refractivity contribution in [3.05, 3.63) is 35.4 Å². The van der Waals surface area contributed by atoms with E-state index in [-0.39, 0.29) is 12.3 Å². The van der Waals surface area contributed by atoms with Gasteiger partial charge in [-0.3, -0.25) is 4.79 Å². The van der Waals surface area contributed by atoms with Crippen LogP contribution in [0.3, 0.4) is 0 Å². The van der Waals surface area contributed by atoms with E-state index in [1.165, 1.54) is 6.92 Å². The highest BCUT2D eigenvalue weighted by molar-refractivity contribution is 5.72. The van der Waals surface area contributed by atoms with Gasteiger partial charge < -0.3 is 10.6 Å². The van der Waals surface area contributed by atoms with Crippen molar-refractivity contribution in [3.63, 3.8) is 0 Å². The lowest BCUT2D eigenvalue weighted by Crippen LogP contribution is -2.38. The van der Waals surface area contributed by atoms with Crippen LogP contribution < -0.4 is 10.6 Å². The Kier molecular flexibility index (Phi) is 5.28. The van der Waals surface area contributed by atoms with Crippen molar-refractivity contribution in [2.45, 2.75) is 44.6 Å². The minimum Gasteiger partial charge on any atom is -0.356 e. The van der Waals surface area contributed by atoms with Gasteiger partial charge >= 0.3 is 0 Å². The Morgan fingerprint density at radius 2 is 2.10 bits per heavy atom. The van der Waals surface area contributed by atoms with Gasteiger partial charge in [-0.05, 0) is 36.9 Å². The van der Waals surface area contributed by atoms with Crippen LogP contribution in [0.4, 0.5) is 8.78 Å². The van der Waals surface area contributed by atoms with Crippen molar-refractivity contribution in [1.29, 1.82) is 0 Å². The molecular formula is C16H22F2N2O. The SMILES string of the molecule is CC(=O)NCCCNC1c2ccccc2CCCC1(F)F. The lowest BCUT2D eigenvalue weighted by molar-refractivity contribution is -0.118. The number of aryl methyl sites for hydroxylation is 1.